The first-order valence-electron chi connectivity index (χ1n) is 6.77. The third kappa shape index (κ3) is 5.35. The summed E-state index contributed by atoms with van der Waals surface area (Å²) >= 11 is 0. The molecule has 0 heterocycles. The fourth-order valence-corrected chi connectivity index (χ4v) is 1.62. The van der Waals surface area contributed by atoms with Crippen LogP contribution in [0.3, 0.4) is 0 Å². The average Bonchev–Trinajstić information content (AvgIpc) is 2.41. The molecule has 22 heavy (non-hydrogen) atoms. The second kappa shape index (κ2) is 7.92. The molecule has 2 amide bonds. The van der Waals surface area contributed by atoms with E-state index in [2.05, 4.69) is 21.1 Å². The van der Waals surface area contributed by atoms with Crippen LogP contribution in [0.2, 0.25) is 0 Å². The maximum atomic E-state index is 10.8. The molecule has 3 N–H and O–H groups in total. The lowest BCUT2D eigenvalue weighted by atomic mass is 9.97. The van der Waals surface area contributed by atoms with E-state index in [-0.39, 0.29) is 23.5 Å². The van der Waals surface area contributed by atoms with Gasteiger partial charge in [0.15, 0.2) is 0 Å². The van der Waals surface area contributed by atoms with Crippen molar-refractivity contribution in [2.45, 2.75) is 33.6 Å². The van der Waals surface area contributed by atoms with E-state index < -0.39 is 0 Å². The smallest absolute Gasteiger partial charge is 0.236 e. The largest absolute Gasteiger partial charge is 0.507 e. The molecule has 7 nitrogen and oxygen atoms in total. The van der Waals surface area contributed by atoms with Crippen LogP contribution < -0.4 is 10.9 Å². The van der Waals surface area contributed by atoms with Gasteiger partial charge in [-0.2, -0.15) is 10.2 Å². The van der Waals surface area contributed by atoms with Crippen molar-refractivity contribution < 1.29 is 14.7 Å². The lowest BCUT2D eigenvalue weighted by Crippen LogP contribution is -2.13. The Kier molecular flexibility index (Phi) is 6.25. The monoisotopic (exact) mass is 304 g/mol. The quantitative estimate of drug-likeness (QED) is 0.566. The van der Waals surface area contributed by atoms with Crippen molar-refractivity contribution in [1.29, 1.82) is 0 Å². The summed E-state index contributed by atoms with van der Waals surface area (Å²) in [5.74, 6) is -0.416. The minimum Gasteiger partial charge on any atom is -0.507 e. The van der Waals surface area contributed by atoms with Crippen LogP contribution in [0.1, 0.15) is 50.3 Å². The molecule has 0 radical (unpaired) electrons. The molecule has 0 aliphatic heterocycles. The highest BCUT2D eigenvalue weighted by Gasteiger charge is 2.10. The molecule has 0 aliphatic carbocycles. The van der Waals surface area contributed by atoms with Gasteiger partial charge < -0.3 is 5.11 Å². The molecule has 0 fully saturated rings. The number of benzene rings is 1. The van der Waals surface area contributed by atoms with Crippen LogP contribution in [-0.4, -0.2) is 29.4 Å². The second-order valence-electron chi connectivity index (χ2n) is 5.06. The first kappa shape index (κ1) is 17.4. The number of phenolic OH excluding ortho intramolecular Hbond substituents is 1. The van der Waals surface area contributed by atoms with E-state index in [9.17, 15) is 14.7 Å². The molecule has 0 spiro atoms. The van der Waals surface area contributed by atoms with Crippen molar-refractivity contribution in [1.82, 2.24) is 10.9 Å². The SMILES string of the molecule is CC(=O)N/N=C/c1cc(C(C)C)cc(/C=N/NC(C)=O)c1O. The summed E-state index contributed by atoms with van der Waals surface area (Å²) in [7, 11) is 0. The number of rotatable bonds is 5. The van der Waals surface area contributed by atoms with Gasteiger partial charge in [-0.3, -0.25) is 9.59 Å². The molecule has 0 saturated carbocycles. The highest BCUT2D eigenvalue weighted by Crippen LogP contribution is 2.26. The van der Waals surface area contributed by atoms with Crippen LogP contribution in [0, 0.1) is 0 Å². The Balaban J connectivity index is 3.17. The van der Waals surface area contributed by atoms with E-state index in [1.54, 1.807) is 12.1 Å². The van der Waals surface area contributed by atoms with E-state index in [4.69, 9.17) is 0 Å². The van der Waals surface area contributed by atoms with Gasteiger partial charge in [0.25, 0.3) is 0 Å². The van der Waals surface area contributed by atoms with E-state index >= 15 is 0 Å². The molecule has 0 saturated heterocycles. The van der Waals surface area contributed by atoms with Gasteiger partial charge in [-0.25, -0.2) is 10.9 Å². The van der Waals surface area contributed by atoms with Crippen molar-refractivity contribution in [2.75, 3.05) is 0 Å². The zero-order chi connectivity index (χ0) is 16.7. The Morgan fingerprint density at radius 3 is 1.77 bits per heavy atom. The Morgan fingerprint density at radius 1 is 1.05 bits per heavy atom. The van der Waals surface area contributed by atoms with Gasteiger partial charge in [-0.05, 0) is 23.6 Å². The number of phenols is 1. The molecule has 1 aromatic rings. The van der Waals surface area contributed by atoms with Crippen molar-refractivity contribution in [3.05, 3.63) is 28.8 Å². The lowest BCUT2D eigenvalue weighted by molar-refractivity contribution is -0.119. The van der Waals surface area contributed by atoms with Gasteiger partial charge in [-0.15, -0.1) is 0 Å². The summed E-state index contributed by atoms with van der Waals surface area (Å²) < 4.78 is 0. The molecule has 118 valence electrons. The Bertz CT molecular complexity index is 574. The number of carbonyl (C=O) groups excluding carboxylic acids is 2. The highest BCUT2D eigenvalue weighted by atomic mass is 16.3. The van der Waals surface area contributed by atoms with E-state index in [0.717, 1.165) is 5.56 Å². The Morgan fingerprint density at radius 2 is 1.45 bits per heavy atom. The first-order chi connectivity index (χ1) is 10.3. The fraction of sp³-hybridized carbons (Fsp3) is 0.333. The molecule has 0 aliphatic rings. The van der Waals surface area contributed by atoms with E-state index in [1.807, 2.05) is 13.8 Å². The summed E-state index contributed by atoms with van der Waals surface area (Å²) in [5, 5.41) is 17.7. The van der Waals surface area contributed by atoms with Crippen LogP contribution in [0.4, 0.5) is 0 Å². The normalized spacial score (nSPS) is 11.3. The number of hydrogen-bond acceptors (Lipinski definition) is 5. The van der Waals surface area contributed by atoms with Crippen LogP contribution in [0.5, 0.6) is 5.75 Å². The number of nitrogens with zero attached hydrogens (tertiary/aromatic N) is 2. The third-order valence-electron chi connectivity index (χ3n) is 2.71. The lowest BCUT2D eigenvalue weighted by Gasteiger charge is -2.10. The molecule has 7 heteroatoms. The van der Waals surface area contributed by atoms with E-state index in [0.29, 0.717) is 11.1 Å². The standard InChI is InChI=1S/C15H20N4O3/c1-9(2)12-5-13(7-16-18-10(3)20)15(22)14(6-12)8-17-19-11(4)21/h5-9,22H,1-4H3,(H,18,20)(H,19,21)/b16-7+,17-8+. The van der Waals surface area contributed by atoms with Gasteiger partial charge in [0.1, 0.15) is 5.75 Å². The Hall–Kier alpha value is -2.70. The maximum absolute atomic E-state index is 10.8. The van der Waals surface area contributed by atoms with Gasteiger partial charge >= 0.3 is 0 Å². The summed E-state index contributed by atoms with van der Waals surface area (Å²) in [4.78, 5) is 21.6. The number of hydrazone groups is 2. The minimum absolute atomic E-state index is 0.0346. The van der Waals surface area contributed by atoms with Crippen LogP contribution in [0.15, 0.2) is 22.3 Å². The van der Waals surface area contributed by atoms with Crippen LogP contribution >= 0.6 is 0 Å². The summed E-state index contributed by atoms with van der Waals surface area (Å²) in [6.45, 7) is 6.70. The molecule has 1 rings (SSSR count). The second-order valence-corrected chi connectivity index (χ2v) is 5.06. The van der Waals surface area contributed by atoms with Crippen molar-refractivity contribution in [2.24, 2.45) is 10.2 Å². The maximum Gasteiger partial charge on any atom is 0.236 e. The third-order valence-corrected chi connectivity index (χ3v) is 2.71. The zero-order valence-corrected chi connectivity index (χ0v) is 13.0. The average molecular weight is 304 g/mol. The number of amides is 2. The summed E-state index contributed by atoms with van der Waals surface area (Å²) in [6.07, 6.45) is 2.72. The molecule has 0 bridgehead atoms. The fourth-order valence-electron chi connectivity index (χ4n) is 1.62. The van der Waals surface area contributed by atoms with Gasteiger partial charge in [0.05, 0.1) is 12.4 Å². The van der Waals surface area contributed by atoms with Crippen LogP contribution in [-0.2, 0) is 9.59 Å². The van der Waals surface area contributed by atoms with E-state index in [1.165, 1.54) is 26.3 Å². The molecule has 1 aromatic carbocycles. The Labute approximate surface area is 129 Å². The molecular formula is C15H20N4O3. The van der Waals surface area contributed by atoms with Crippen molar-refractivity contribution in [3.63, 3.8) is 0 Å². The van der Waals surface area contributed by atoms with Gasteiger partial charge in [-0.1, -0.05) is 13.8 Å². The zero-order valence-electron chi connectivity index (χ0n) is 13.0. The van der Waals surface area contributed by atoms with Crippen molar-refractivity contribution >= 4 is 24.2 Å². The molecule has 0 aromatic heterocycles. The number of aromatic hydroxyl groups is 1. The summed E-state index contributed by atoms with van der Waals surface area (Å²) in [6, 6.07) is 3.56. The minimum atomic E-state index is -0.303. The van der Waals surface area contributed by atoms with Crippen molar-refractivity contribution in [3.8, 4) is 5.75 Å². The van der Waals surface area contributed by atoms with Gasteiger partial charge in [0.2, 0.25) is 11.8 Å². The summed E-state index contributed by atoms with van der Waals surface area (Å²) in [5.41, 5.74) is 6.41. The highest BCUT2D eigenvalue weighted by molar-refractivity contribution is 5.93. The van der Waals surface area contributed by atoms with Crippen LogP contribution in [0.25, 0.3) is 0 Å². The topological polar surface area (TPSA) is 103 Å². The number of hydrogen-bond donors (Lipinski definition) is 3. The predicted octanol–water partition coefficient (Wildman–Crippen LogP) is 1.46. The first-order valence-corrected chi connectivity index (χ1v) is 6.77. The number of nitrogens with one attached hydrogen (secondary N) is 2. The molecule has 0 atom stereocenters. The number of carbonyl (C=O) groups is 2. The molecule has 0 unspecified atom stereocenters. The predicted molar refractivity (Wildman–Crippen MR) is 85.0 cm³/mol. The molecular weight excluding hydrogens is 284 g/mol. The van der Waals surface area contributed by atoms with Gasteiger partial charge in [0, 0.05) is 25.0 Å².